The molecule has 0 aliphatic rings. The average Bonchev–Trinajstić information content (AvgIpc) is 2.15. The van der Waals surface area contributed by atoms with Crippen molar-refractivity contribution in [3.63, 3.8) is 0 Å². The number of carbonyl (C=O) groups excluding carboxylic acids is 2. The second-order valence-corrected chi connectivity index (χ2v) is 3.67. The zero-order valence-corrected chi connectivity index (χ0v) is 19.9. The van der Waals surface area contributed by atoms with Crippen LogP contribution in [0.1, 0.15) is 0 Å². The first-order valence-corrected chi connectivity index (χ1v) is 4.89. The van der Waals surface area contributed by atoms with E-state index in [4.69, 9.17) is 10.2 Å². The Morgan fingerprint density at radius 3 is 1.20 bits per heavy atom. The number of halogens is 2. The summed E-state index contributed by atoms with van der Waals surface area (Å²) < 4.78 is 0. The summed E-state index contributed by atoms with van der Waals surface area (Å²) in [6.45, 7) is 0. The maximum absolute atomic E-state index is 9.71. The average molecular weight is 451 g/mol. The van der Waals surface area contributed by atoms with Gasteiger partial charge in [0.25, 0.3) is 0 Å². The molecule has 0 rings (SSSR count). The van der Waals surface area contributed by atoms with E-state index in [1.807, 2.05) is 0 Å². The molecule has 9 nitrogen and oxygen atoms in total. The zero-order valence-electron chi connectivity index (χ0n) is 10.7. The molecule has 14 heteroatoms. The van der Waals surface area contributed by atoms with E-state index in [0.29, 0.717) is 0 Å². The van der Waals surface area contributed by atoms with Gasteiger partial charge in [-0.3, -0.25) is 9.59 Å². The first-order chi connectivity index (χ1) is 6.73. The minimum absolute atomic E-state index is 0. The van der Waals surface area contributed by atoms with Gasteiger partial charge in [0.05, 0.1) is 0 Å². The van der Waals surface area contributed by atoms with Crippen molar-refractivity contribution in [1.29, 1.82) is 0 Å². The molecule has 0 fully saturated rings. The molecule has 0 saturated heterocycles. The van der Waals surface area contributed by atoms with Crippen LogP contribution in [-0.2, 0) is 19.2 Å². The van der Waals surface area contributed by atoms with Gasteiger partial charge >= 0.3 is 101 Å². The normalized spacial score (nSPS) is 8.15. The molecule has 0 heterocycles. The van der Waals surface area contributed by atoms with Gasteiger partial charge in [0.1, 0.15) is 0 Å². The molecule has 102 valence electrons. The van der Waals surface area contributed by atoms with Gasteiger partial charge < -0.3 is 35.9 Å². The van der Waals surface area contributed by atoms with Crippen LogP contribution in [0.15, 0.2) is 0 Å². The molecule has 0 radical (unpaired) electrons. The quantitative estimate of drug-likeness (QED) is 0.181. The topological polar surface area (TPSA) is 192 Å². The molecule has 0 aromatic heterocycles. The second-order valence-electron chi connectivity index (χ2n) is 1.84. The Morgan fingerprint density at radius 1 is 0.950 bits per heavy atom. The molecule has 0 saturated carbocycles. The Morgan fingerprint density at radius 2 is 1.20 bits per heavy atom. The summed E-state index contributed by atoms with van der Waals surface area (Å²) in [6.07, 6.45) is 1.17. The van der Waals surface area contributed by atoms with Crippen molar-refractivity contribution in [2.24, 2.45) is 0 Å². The summed E-state index contributed by atoms with van der Waals surface area (Å²) in [7, 11) is 0. The first kappa shape index (κ1) is 43.1. The van der Waals surface area contributed by atoms with Gasteiger partial charge in [-0.1, -0.05) is 15.9 Å². The summed E-state index contributed by atoms with van der Waals surface area (Å²) in [5.74, 6) is -4.25. The minimum Gasteiger partial charge on any atom is -0.870 e. The third kappa shape index (κ3) is 28.2. The largest absolute Gasteiger partial charge is 1.00 e. The molecule has 0 aliphatic carbocycles. The van der Waals surface area contributed by atoms with Gasteiger partial charge in [-0.05, 0) is 4.83 Å². The smallest absolute Gasteiger partial charge is 0.870 e. The van der Waals surface area contributed by atoms with Crippen LogP contribution in [-0.4, -0.2) is 55.0 Å². The predicted molar refractivity (Wildman–Crippen MR) is 55.3 cm³/mol. The van der Waals surface area contributed by atoms with Crippen LogP contribution >= 0.6 is 31.9 Å². The van der Waals surface area contributed by atoms with E-state index in [0.717, 1.165) is 0 Å². The van der Waals surface area contributed by atoms with Crippen molar-refractivity contribution in [2.75, 3.05) is 0 Å². The summed E-state index contributed by atoms with van der Waals surface area (Å²) in [5.41, 5.74) is 0. The molecular formula is C6H6Br2Na3O9-. The third-order valence-corrected chi connectivity index (χ3v) is 2.09. The molecule has 0 aliphatic heterocycles. The molecule has 0 spiro atoms. The number of alkyl halides is 2. The number of aliphatic carboxylic acids is 3. The number of hydrogen-bond acceptors (Lipinski definition) is 7. The van der Waals surface area contributed by atoms with Crippen LogP contribution in [0.4, 0.5) is 0 Å². The molecule has 1 unspecified atom stereocenters. The number of carboxylic acid groups (broad SMARTS) is 3. The van der Waals surface area contributed by atoms with Crippen molar-refractivity contribution in [1.82, 2.24) is 0 Å². The standard InChI is InChI=1S/C3H3BrO4.C3H2BrO3.3Na.2H2O/c4-1(2(5)6)3(7)8;4-2(1-5)3(6)7;;;;;/h1H,(H,5,6)(H,7,8);2H,(H,6,7);;;;2*1H2/q;-1;3*+1;;/p-3. The van der Waals surface area contributed by atoms with Gasteiger partial charge in [0.15, 0.2) is 0 Å². The summed E-state index contributed by atoms with van der Waals surface area (Å²) in [4.78, 5) is 35.5. The first-order valence-electron chi connectivity index (χ1n) is 3.06. The summed E-state index contributed by atoms with van der Waals surface area (Å²) in [6, 6.07) is 0. The van der Waals surface area contributed by atoms with E-state index in [1.165, 1.54) is 6.29 Å². The van der Waals surface area contributed by atoms with E-state index >= 15 is 0 Å². The van der Waals surface area contributed by atoms with Gasteiger partial charge in [0.2, 0.25) is 4.83 Å². The Kier molecular flexibility index (Phi) is 55.8. The van der Waals surface area contributed by atoms with Crippen molar-refractivity contribution < 1.29 is 134 Å². The minimum atomic E-state index is -1.48. The van der Waals surface area contributed by atoms with E-state index < -0.39 is 27.6 Å². The van der Waals surface area contributed by atoms with Gasteiger partial charge in [0, 0.05) is 5.97 Å². The van der Waals surface area contributed by atoms with E-state index in [-0.39, 0.29) is 99.6 Å². The molecule has 4 N–H and O–H groups in total. The van der Waals surface area contributed by atoms with Gasteiger partial charge in [-0.25, -0.2) is 6.29 Å². The monoisotopic (exact) mass is 449 g/mol. The number of rotatable bonds is 4. The van der Waals surface area contributed by atoms with Crippen molar-refractivity contribution in [2.45, 2.75) is 9.65 Å². The Bertz CT molecular complexity index is 264. The van der Waals surface area contributed by atoms with Crippen LogP contribution in [0.3, 0.4) is 0 Å². The van der Waals surface area contributed by atoms with Crippen LogP contribution in [0.5, 0.6) is 0 Å². The van der Waals surface area contributed by atoms with Crippen LogP contribution in [0.25, 0.3) is 0 Å². The Hall–Kier alpha value is 1.96. The summed E-state index contributed by atoms with van der Waals surface area (Å²) >= 11 is 4.86. The second kappa shape index (κ2) is 25.9. The van der Waals surface area contributed by atoms with E-state index in [9.17, 15) is 24.3 Å². The number of carbonyl (C=O) groups is 3. The fourth-order valence-corrected chi connectivity index (χ4v) is 0.154. The molecule has 0 amide bonds. The van der Waals surface area contributed by atoms with Gasteiger partial charge in [-0.15, -0.1) is 15.9 Å². The predicted octanol–water partition coefficient (Wildman–Crippen LogP) is -10.8. The fraction of sp³-hybridized carbons (Fsp3) is 0.333. The molecule has 0 aromatic rings. The fourth-order valence-electron chi connectivity index (χ4n) is 0.154. The van der Waals surface area contributed by atoms with Crippen molar-refractivity contribution >= 4 is 56.1 Å². The van der Waals surface area contributed by atoms with Crippen LogP contribution in [0.2, 0.25) is 0 Å². The van der Waals surface area contributed by atoms with Crippen molar-refractivity contribution in [3.8, 4) is 0 Å². The molecule has 0 bridgehead atoms. The van der Waals surface area contributed by atoms with E-state index in [1.54, 1.807) is 0 Å². The maximum Gasteiger partial charge on any atom is 1.00 e. The van der Waals surface area contributed by atoms with Gasteiger partial charge in [-0.2, -0.15) is 0 Å². The zero-order chi connectivity index (χ0) is 12.6. The SMILES string of the molecule is O=C(O)C(Br)C(=O)O.O=[C-]C(Br)C(=O)[O-].[Na+].[Na+].[Na+].[OH-].[OH-]. The number of carboxylic acids is 3. The van der Waals surface area contributed by atoms with Crippen molar-refractivity contribution in [3.05, 3.63) is 0 Å². The molecule has 1 atom stereocenters. The Balaban J connectivity index is -0.0000000272. The van der Waals surface area contributed by atoms with Crippen LogP contribution < -0.4 is 93.8 Å². The molecular weight excluding hydrogens is 445 g/mol. The molecule has 0 aromatic carbocycles. The third-order valence-electron chi connectivity index (χ3n) is 0.744. The van der Waals surface area contributed by atoms with E-state index in [2.05, 4.69) is 31.9 Å². The summed E-state index contributed by atoms with van der Waals surface area (Å²) in [5, 5.41) is 25.4. The number of hydrogen-bond donors (Lipinski definition) is 2. The van der Waals surface area contributed by atoms with Crippen LogP contribution in [0, 0.1) is 0 Å². The Labute approximate surface area is 197 Å². The maximum atomic E-state index is 9.71. The molecule has 20 heavy (non-hydrogen) atoms.